The fourth-order valence-corrected chi connectivity index (χ4v) is 4.87. The van der Waals surface area contributed by atoms with E-state index in [1.54, 1.807) is 31.3 Å². The lowest BCUT2D eigenvalue weighted by Crippen LogP contribution is -2.63. The minimum atomic E-state index is -1.15. The van der Waals surface area contributed by atoms with Gasteiger partial charge in [-0.25, -0.2) is 14.2 Å². The molecule has 2 aromatic heterocycles. The first-order valence-corrected chi connectivity index (χ1v) is 10.8. The molecule has 9 nitrogen and oxygen atoms in total. The second-order valence-electron chi connectivity index (χ2n) is 9.43. The van der Waals surface area contributed by atoms with Gasteiger partial charge in [-0.05, 0) is 44.9 Å². The number of alkyl halides is 1. The van der Waals surface area contributed by atoms with E-state index in [9.17, 15) is 9.90 Å². The average molecular weight is 452 g/mol. The number of hydrogen-bond donors (Lipinski definition) is 2. The third kappa shape index (κ3) is 3.84. The number of aromatic nitrogens is 5. The standard InChI is InChI=1S/C23H25FN6O3/c1-22-8-9-23(2,29-22)19(24)17(11-22)33-18-7-6-15(27-28-18)14-5-4-13(10-16(14)31)20-25-12-30(3)21(32)26-20/h4-7,10,12,17,19,29,31H,8-9,11H2,1-3H3/t17-,19-,22-,23+/m1/s1. The van der Waals surface area contributed by atoms with Gasteiger partial charge in [0.2, 0.25) is 5.88 Å². The van der Waals surface area contributed by atoms with Gasteiger partial charge in [0.05, 0.1) is 11.2 Å². The summed E-state index contributed by atoms with van der Waals surface area (Å²) in [6.07, 6.45) is 1.86. The van der Waals surface area contributed by atoms with Crippen molar-refractivity contribution in [3.05, 3.63) is 47.1 Å². The summed E-state index contributed by atoms with van der Waals surface area (Å²) in [4.78, 5) is 19.8. The van der Waals surface area contributed by atoms with Crippen LogP contribution in [0.3, 0.4) is 0 Å². The topological polar surface area (TPSA) is 115 Å². The normalized spacial score (nSPS) is 28.6. The third-order valence-corrected chi connectivity index (χ3v) is 6.67. The highest BCUT2D eigenvalue weighted by Crippen LogP contribution is 2.44. The van der Waals surface area contributed by atoms with Gasteiger partial charge in [-0.15, -0.1) is 10.2 Å². The van der Waals surface area contributed by atoms with E-state index in [-0.39, 0.29) is 23.0 Å². The molecule has 2 aliphatic heterocycles. The van der Waals surface area contributed by atoms with Crippen LogP contribution >= 0.6 is 0 Å². The molecule has 172 valence electrons. The maximum absolute atomic E-state index is 15.1. The molecule has 0 spiro atoms. The number of benzene rings is 1. The molecular weight excluding hydrogens is 427 g/mol. The zero-order chi connectivity index (χ0) is 23.4. The van der Waals surface area contributed by atoms with Crippen molar-refractivity contribution in [1.82, 2.24) is 30.0 Å². The van der Waals surface area contributed by atoms with Gasteiger partial charge in [-0.1, -0.05) is 6.07 Å². The molecule has 4 heterocycles. The Labute approximate surface area is 189 Å². The zero-order valence-electron chi connectivity index (χ0n) is 18.6. The molecule has 0 saturated carbocycles. The van der Waals surface area contributed by atoms with Crippen molar-refractivity contribution < 1.29 is 14.2 Å². The first-order valence-electron chi connectivity index (χ1n) is 10.8. The summed E-state index contributed by atoms with van der Waals surface area (Å²) in [6.45, 7) is 4.00. The Balaban J connectivity index is 1.34. The number of aryl methyl sites for hydroxylation is 1. The van der Waals surface area contributed by atoms with Crippen LogP contribution in [0.1, 0.15) is 33.1 Å². The number of aromatic hydroxyl groups is 1. The number of ether oxygens (including phenoxy) is 1. The van der Waals surface area contributed by atoms with Gasteiger partial charge in [-0.2, -0.15) is 4.98 Å². The van der Waals surface area contributed by atoms with E-state index in [2.05, 4.69) is 32.4 Å². The molecule has 0 aliphatic carbocycles. The molecule has 0 unspecified atom stereocenters. The van der Waals surface area contributed by atoms with Crippen molar-refractivity contribution in [2.45, 2.75) is 56.5 Å². The minimum Gasteiger partial charge on any atom is -0.507 e. The van der Waals surface area contributed by atoms with Gasteiger partial charge < -0.3 is 15.2 Å². The predicted molar refractivity (Wildman–Crippen MR) is 119 cm³/mol. The molecule has 33 heavy (non-hydrogen) atoms. The first kappa shape index (κ1) is 21.4. The minimum absolute atomic E-state index is 0.0562. The summed E-state index contributed by atoms with van der Waals surface area (Å²) in [5, 5.41) is 22.2. The number of hydrogen-bond acceptors (Lipinski definition) is 8. The summed E-state index contributed by atoms with van der Waals surface area (Å²) in [6, 6.07) is 8.10. The fraction of sp³-hybridized carbons (Fsp3) is 0.435. The van der Waals surface area contributed by atoms with E-state index in [1.165, 1.54) is 17.0 Å². The van der Waals surface area contributed by atoms with E-state index in [0.717, 1.165) is 12.8 Å². The highest BCUT2D eigenvalue weighted by Gasteiger charge is 2.56. The monoisotopic (exact) mass is 452 g/mol. The maximum atomic E-state index is 15.1. The molecular formula is C23H25FN6O3. The van der Waals surface area contributed by atoms with Crippen LogP contribution in [0.4, 0.5) is 4.39 Å². The molecule has 0 amide bonds. The number of nitrogens with zero attached hydrogens (tertiary/aromatic N) is 5. The number of fused-ring (bicyclic) bond motifs is 2. The molecule has 2 bridgehead atoms. The predicted octanol–water partition coefficient (Wildman–Crippen LogP) is 2.39. The largest absolute Gasteiger partial charge is 0.507 e. The van der Waals surface area contributed by atoms with Gasteiger partial charge in [0, 0.05) is 36.2 Å². The van der Waals surface area contributed by atoms with Crippen molar-refractivity contribution in [1.29, 1.82) is 0 Å². The maximum Gasteiger partial charge on any atom is 0.350 e. The van der Waals surface area contributed by atoms with Crippen LogP contribution < -0.4 is 15.7 Å². The second-order valence-corrected chi connectivity index (χ2v) is 9.43. The molecule has 2 N–H and O–H groups in total. The van der Waals surface area contributed by atoms with Crippen LogP contribution in [0.2, 0.25) is 0 Å². The summed E-state index contributed by atoms with van der Waals surface area (Å²) in [7, 11) is 1.56. The Hall–Kier alpha value is -3.40. The number of rotatable bonds is 4. The summed E-state index contributed by atoms with van der Waals surface area (Å²) < 4.78 is 22.3. The van der Waals surface area contributed by atoms with E-state index in [0.29, 0.717) is 23.2 Å². The van der Waals surface area contributed by atoms with E-state index in [1.807, 2.05) is 6.92 Å². The molecule has 2 aliphatic rings. The van der Waals surface area contributed by atoms with E-state index >= 15 is 4.39 Å². The number of phenolic OH excluding ortho intramolecular Hbond substituents is 1. The Morgan fingerprint density at radius 3 is 2.73 bits per heavy atom. The molecule has 5 rings (SSSR count). The highest BCUT2D eigenvalue weighted by molar-refractivity contribution is 5.71. The van der Waals surface area contributed by atoms with Crippen molar-refractivity contribution >= 4 is 0 Å². The van der Waals surface area contributed by atoms with Crippen molar-refractivity contribution in [2.24, 2.45) is 7.05 Å². The smallest absolute Gasteiger partial charge is 0.350 e. The molecule has 2 fully saturated rings. The van der Waals surface area contributed by atoms with E-state index in [4.69, 9.17) is 4.74 Å². The lowest BCUT2D eigenvalue weighted by atomic mass is 9.85. The van der Waals surface area contributed by atoms with Crippen LogP contribution in [0, 0.1) is 0 Å². The molecule has 10 heteroatoms. The summed E-state index contributed by atoms with van der Waals surface area (Å²) in [5.74, 6) is 0.401. The quantitative estimate of drug-likeness (QED) is 0.620. The fourth-order valence-electron chi connectivity index (χ4n) is 4.87. The van der Waals surface area contributed by atoms with Crippen LogP contribution in [0.25, 0.3) is 22.6 Å². The highest BCUT2D eigenvalue weighted by atomic mass is 19.1. The lowest BCUT2D eigenvalue weighted by molar-refractivity contribution is -0.00951. The van der Waals surface area contributed by atoms with Gasteiger partial charge >= 0.3 is 5.69 Å². The lowest BCUT2D eigenvalue weighted by Gasteiger charge is -2.43. The summed E-state index contributed by atoms with van der Waals surface area (Å²) >= 11 is 0. The van der Waals surface area contributed by atoms with Crippen LogP contribution in [-0.2, 0) is 7.05 Å². The van der Waals surface area contributed by atoms with Crippen molar-refractivity contribution in [2.75, 3.05) is 0 Å². The Morgan fingerprint density at radius 1 is 1.21 bits per heavy atom. The number of piperidine rings is 1. The molecule has 4 atom stereocenters. The van der Waals surface area contributed by atoms with Crippen LogP contribution in [-0.4, -0.2) is 53.2 Å². The van der Waals surface area contributed by atoms with Crippen molar-refractivity contribution in [3.63, 3.8) is 0 Å². The number of phenols is 1. The zero-order valence-corrected chi connectivity index (χ0v) is 18.6. The average Bonchev–Trinajstić information content (AvgIpc) is 3.06. The van der Waals surface area contributed by atoms with Crippen LogP contribution in [0.15, 0.2) is 41.5 Å². The molecule has 3 aromatic rings. The van der Waals surface area contributed by atoms with Crippen molar-refractivity contribution in [3.8, 4) is 34.3 Å². The van der Waals surface area contributed by atoms with Gasteiger partial charge in [0.1, 0.15) is 18.2 Å². The molecule has 0 radical (unpaired) electrons. The number of halogens is 1. The molecule has 1 aromatic carbocycles. The summed E-state index contributed by atoms with van der Waals surface area (Å²) in [5.41, 5.74) is 0.201. The Kier molecular flexibility index (Phi) is 4.93. The third-order valence-electron chi connectivity index (χ3n) is 6.67. The van der Waals surface area contributed by atoms with Gasteiger partial charge in [0.15, 0.2) is 12.0 Å². The van der Waals surface area contributed by atoms with Gasteiger partial charge in [-0.3, -0.25) is 4.57 Å². The second kappa shape index (κ2) is 7.58. The number of nitrogens with one attached hydrogen (secondary N) is 1. The molecule has 2 saturated heterocycles. The Morgan fingerprint density at radius 2 is 2.03 bits per heavy atom. The Bertz CT molecular complexity index is 1270. The van der Waals surface area contributed by atoms with E-state index < -0.39 is 23.5 Å². The van der Waals surface area contributed by atoms with Gasteiger partial charge in [0.25, 0.3) is 0 Å². The van der Waals surface area contributed by atoms with Crippen LogP contribution in [0.5, 0.6) is 11.6 Å². The first-order chi connectivity index (χ1) is 15.7. The SMILES string of the molecule is Cn1cnc(-c2ccc(-c3ccc(O[C@@H]4C[C@@]5(C)CC[C@](C)(N5)[C@@H]4F)nn3)c(O)c2)nc1=O.